The van der Waals surface area contributed by atoms with Crippen molar-refractivity contribution < 1.29 is 38.1 Å². The Labute approximate surface area is 183 Å². The number of hydrogen-bond acceptors (Lipinski definition) is 11. The van der Waals surface area contributed by atoms with Crippen LogP contribution in [0.15, 0.2) is 29.3 Å². The average molecular weight is 452 g/mol. The molecule has 3 rings (SSSR count). The summed E-state index contributed by atoms with van der Waals surface area (Å²) < 4.78 is 27.1. The number of anilines is 1. The van der Waals surface area contributed by atoms with Gasteiger partial charge in [-0.25, -0.2) is 0 Å². The number of ether oxygens (including phenoxy) is 5. The molecule has 0 spiro atoms. The van der Waals surface area contributed by atoms with Gasteiger partial charge in [-0.15, -0.1) is 0 Å². The molecule has 1 aromatic carbocycles. The van der Waals surface area contributed by atoms with Gasteiger partial charge in [0.2, 0.25) is 0 Å². The number of nitrogens with zero attached hydrogens (tertiary/aromatic N) is 1. The highest BCUT2D eigenvalue weighted by atomic mass is 32.2. The Morgan fingerprint density at radius 3 is 2.26 bits per heavy atom. The first-order valence-corrected chi connectivity index (χ1v) is 10.4. The van der Waals surface area contributed by atoms with Crippen molar-refractivity contribution in [3.05, 3.63) is 24.3 Å². The molecule has 11 heteroatoms. The maximum Gasteiger partial charge on any atom is 0.303 e. The molecule has 168 valence electrons. The molecule has 1 aromatic rings. The Hall–Kier alpha value is -2.79. The van der Waals surface area contributed by atoms with Gasteiger partial charge in [0.05, 0.1) is 7.11 Å². The van der Waals surface area contributed by atoms with Gasteiger partial charge in [-0.05, 0) is 24.3 Å². The lowest BCUT2D eigenvalue weighted by Gasteiger charge is -2.41. The van der Waals surface area contributed by atoms with E-state index in [1.165, 1.54) is 32.5 Å². The highest BCUT2D eigenvalue weighted by molar-refractivity contribution is 8.14. The van der Waals surface area contributed by atoms with Crippen molar-refractivity contribution in [3.63, 3.8) is 0 Å². The van der Waals surface area contributed by atoms with Gasteiger partial charge in [0, 0.05) is 26.5 Å². The van der Waals surface area contributed by atoms with Crippen LogP contribution < -0.4 is 10.1 Å². The van der Waals surface area contributed by atoms with E-state index >= 15 is 0 Å². The molecule has 5 atom stereocenters. The van der Waals surface area contributed by atoms with Gasteiger partial charge >= 0.3 is 17.9 Å². The summed E-state index contributed by atoms with van der Waals surface area (Å²) in [6, 6.07) is 6.66. The summed E-state index contributed by atoms with van der Waals surface area (Å²) in [5, 5.41) is 3.74. The van der Waals surface area contributed by atoms with E-state index in [-0.39, 0.29) is 6.61 Å². The Balaban J connectivity index is 1.82. The van der Waals surface area contributed by atoms with Gasteiger partial charge in [-0.3, -0.25) is 19.4 Å². The molecule has 0 aliphatic carbocycles. The number of fused-ring (bicyclic) bond motifs is 1. The average Bonchev–Trinajstić information content (AvgIpc) is 3.10. The number of methoxy groups -OCH3 is 1. The number of nitrogens with one attached hydrogen (secondary N) is 1. The van der Waals surface area contributed by atoms with E-state index in [0.29, 0.717) is 5.17 Å². The van der Waals surface area contributed by atoms with Gasteiger partial charge in [0.25, 0.3) is 0 Å². The van der Waals surface area contributed by atoms with Gasteiger partial charge in [0.15, 0.2) is 17.4 Å². The van der Waals surface area contributed by atoms with Crippen LogP contribution in [0, 0.1) is 0 Å². The van der Waals surface area contributed by atoms with Crippen molar-refractivity contribution in [1.82, 2.24) is 0 Å². The smallest absolute Gasteiger partial charge is 0.303 e. The molecule has 10 nitrogen and oxygen atoms in total. The number of carbonyl (C=O) groups excluding carboxylic acids is 3. The summed E-state index contributed by atoms with van der Waals surface area (Å²) in [5.74, 6) is -0.918. The minimum absolute atomic E-state index is 0.157. The lowest BCUT2D eigenvalue weighted by molar-refractivity contribution is -0.208. The molecule has 2 heterocycles. The highest BCUT2D eigenvalue weighted by Crippen LogP contribution is 2.39. The predicted molar refractivity (Wildman–Crippen MR) is 112 cm³/mol. The number of aliphatic imine (C=N–C) groups is 1. The van der Waals surface area contributed by atoms with E-state index in [1.807, 2.05) is 12.1 Å². The first-order valence-electron chi connectivity index (χ1n) is 9.55. The van der Waals surface area contributed by atoms with Crippen LogP contribution in [0.1, 0.15) is 20.8 Å². The van der Waals surface area contributed by atoms with Crippen molar-refractivity contribution in [1.29, 1.82) is 0 Å². The number of carbonyl (C=O) groups is 3. The highest BCUT2D eigenvalue weighted by Gasteiger charge is 2.53. The molecule has 31 heavy (non-hydrogen) atoms. The molecule has 2 unspecified atom stereocenters. The molecule has 0 aromatic heterocycles. The minimum atomic E-state index is -0.980. The first-order chi connectivity index (χ1) is 14.8. The van der Waals surface area contributed by atoms with Crippen LogP contribution in [-0.2, 0) is 33.3 Å². The molecule has 0 amide bonds. The number of thioether (sulfide) groups is 1. The lowest BCUT2D eigenvalue weighted by atomic mass is 9.98. The first kappa shape index (κ1) is 22.9. The van der Waals surface area contributed by atoms with E-state index in [9.17, 15) is 14.4 Å². The third-order valence-corrected chi connectivity index (χ3v) is 5.56. The third-order valence-electron chi connectivity index (χ3n) is 4.50. The van der Waals surface area contributed by atoms with Crippen molar-refractivity contribution in [2.45, 2.75) is 50.6 Å². The van der Waals surface area contributed by atoms with Crippen molar-refractivity contribution in [3.8, 4) is 5.75 Å². The molecule has 0 radical (unpaired) electrons. The molecular formula is C20H24N2O8S. The fourth-order valence-electron chi connectivity index (χ4n) is 3.25. The van der Waals surface area contributed by atoms with E-state index in [0.717, 1.165) is 11.4 Å². The fourth-order valence-corrected chi connectivity index (χ4v) is 4.39. The van der Waals surface area contributed by atoms with Crippen LogP contribution in [0.2, 0.25) is 0 Å². The van der Waals surface area contributed by atoms with Crippen LogP contribution in [-0.4, -0.2) is 66.6 Å². The second kappa shape index (κ2) is 10.0. The SMILES string of the molecule is COc1ccc(NC2=NC3C(O[C@H](COC(C)=O)[C@@H](OC(C)=O)[C@@H]3OC(C)=O)S2)cc1. The fraction of sp³-hybridized carbons (Fsp3) is 0.500. The van der Waals surface area contributed by atoms with Gasteiger partial charge < -0.3 is 29.0 Å². The van der Waals surface area contributed by atoms with Crippen molar-refractivity contribution in [2.24, 2.45) is 4.99 Å². The molecular weight excluding hydrogens is 428 g/mol. The van der Waals surface area contributed by atoms with Crippen LogP contribution in [0.5, 0.6) is 5.75 Å². The Morgan fingerprint density at radius 1 is 1.03 bits per heavy atom. The van der Waals surface area contributed by atoms with E-state index in [4.69, 9.17) is 23.7 Å². The number of benzene rings is 1. The summed E-state index contributed by atoms with van der Waals surface area (Å²) in [6.45, 7) is 3.61. The van der Waals surface area contributed by atoms with Crippen molar-refractivity contribution >= 4 is 40.5 Å². The summed E-state index contributed by atoms with van der Waals surface area (Å²) in [7, 11) is 1.59. The Bertz CT molecular complexity index is 859. The Morgan fingerprint density at radius 2 is 1.68 bits per heavy atom. The molecule has 1 saturated heterocycles. The minimum Gasteiger partial charge on any atom is -0.497 e. The zero-order valence-corrected chi connectivity index (χ0v) is 18.3. The zero-order valence-electron chi connectivity index (χ0n) is 17.5. The number of rotatable bonds is 6. The van der Waals surface area contributed by atoms with E-state index in [2.05, 4.69) is 10.3 Å². The third kappa shape index (κ3) is 5.88. The monoisotopic (exact) mass is 452 g/mol. The summed E-state index contributed by atoms with van der Waals surface area (Å²) in [6.07, 6.45) is -2.70. The molecule has 2 aliphatic heterocycles. The van der Waals surface area contributed by atoms with E-state index in [1.54, 1.807) is 19.2 Å². The normalized spacial score (nSPS) is 26.8. The molecule has 1 N–H and O–H groups in total. The number of hydrogen-bond donors (Lipinski definition) is 1. The molecule has 2 aliphatic rings. The van der Waals surface area contributed by atoms with Gasteiger partial charge in [0.1, 0.15) is 29.9 Å². The topological polar surface area (TPSA) is 122 Å². The second-order valence-corrected chi connectivity index (χ2v) is 7.98. The summed E-state index contributed by atoms with van der Waals surface area (Å²) >= 11 is 1.30. The maximum absolute atomic E-state index is 11.8. The van der Waals surface area contributed by atoms with Crippen LogP contribution in [0.25, 0.3) is 0 Å². The standard InChI is InChI=1S/C20H24N2O8S/c1-10(23)27-9-15-17(28-11(2)24)18(29-12(3)25)16-19(30-15)31-20(22-16)21-13-5-7-14(26-4)8-6-13/h5-8,15-19H,9H2,1-4H3,(H,21,22)/t15-,16?,17-,18-,19?/m1/s1. The number of amidine groups is 1. The van der Waals surface area contributed by atoms with Crippen LogP contribution in [0.4, 0.5) is 5.69 Å². The van der Waals surface area contributed by atoms with Crippen LogP contribution in [0.3, 0.4) is 0 Å². The quantitative estimate of drug-likeness (QED) is 0.504. The van der Waals surface area contributed by atoms with Gasteiger partial charge in [-0.1, -0.05) is 11.8 Å². The lowest BCUT2D eigenvalue weighted by Crippen LogP contribution is -2.59. The van der Waals surface area contributed by atoms with Gasteiger partial charge in [-0.2, -0.15) is 0 Å². The maximum atomic E-state index is 11.8. The Kier molecular flexibility index (Phi) is 7.39. The largest absolute Gasteiger partial charge is 0.497 e. The second-order valence-electron chi connectivity index (χ2n) is 6.89. The predicted octanol–water partition coefficient (Wildman–Crippen LogP) is 1.73. The summed E-state index contributed by atoms with van der Waals surface area (Å²) in [5.41, 5.74) is 0.250. The van der Waals surface area contributed by atoms with Crippen molar-refractivity contribution in [2.75, 3.05) is 19.0 Å². The summed E-state index contributed by atoms with van der Waals surface area (Å²) in [4.78, 5) is 39.3. The van der Waals surface area contributed by atoms with Crippen LogP contribution >= 0.6 is 11.8 Å². The molecule has 1 fully saturated rings. The number of esters is 3. The molecule has 0 saturated carbocycles. The molecule has 0 bridgehead atoms. The van der Waals surface area contributed by atoms with E-state index < -0.39 is 47.7 Å². The zero-order chi connectivity index (χ0) is 22.5.